The van der Waals surface area contributed by atoms with Crippen molar-refractivity contribution >= 4 is 53.3 Å². The number of Topliss-reactive ketones (excluding diaryl/α,β-unsaturated/α-hetero) is 2. The van der Waals surface area contributed by atoms with Crippen molar-refractivity contribution in [3.8, 4) is 0 Å². The molecule has 8 aliphatic carbocycles. The molecule has 0 aromatic heterocycles. The monoisotopic (exact) mass is 1960 g/mol. The van der Waals surface area contributed by atoms with Crippen LogP contribution in [0.1, 0.15) is 463 Å². The molecule has 8 rings (SSSR count). The third kappa shape index (κ3) is 53.2. The topological polar surface area (TPSA) is 363 Å². The summed E-state index contributed by atoms with van der Waals surface area (Å²) >= 11 is 0. The molecule has 24 nitrogen and oxygen atoms in total. The van der Waals surface area contributed by atoms with Gasteiger partial charge in [-0.15, -0.1) is 0 Å². The van der Waals surface area contributed by atoms with E-state index in [0.29, 0.717) is 142 Å². The summed E-state index contributed by atoms with van der Waals surface area (Å²) in [5, 5.41) is 67.4. The smallest absolute Gasteiger partial charge is 0.306 e. The number of nitrogens with zero attached hydrogens (tertiary/aromatic N) is 1. The molecule has 0 aliphatic heterocycles. The molecule has 21 unspecified atom stereocenters. The SMILES string of the molecule is CCCCCC1C(=O)CCC1CC(=O)N(CC)CC.CCCCCC1C(=O)CCC1CC(=O)O.CCCCCC1C(CC(=O)OC)CCC1(OC)OC.CCCCCC1C(O)CCC1CC(=O)OC.CCCCCC1C(O)CCC1CC(=O)OCC.CCCCCC1C(O)CCC1CC(=O)OCC=C(C)C.CCCCCC1C(O)CCC1CC(=O)OCCC.CCCCCC1C(O)CCC1CCO. The van der Waals surface area contributed by atoms with E-state index in [2.05, 4.69) is 55.4 Å². The molecule has 0 heterocycles. The van der Waals surface area contributed by atoms with E-state index >= 15 is 0 Å². The number of aliphatic hydroxyl groups excluding tert-OH is 6. The Morgan fingerprint density at radius 2 is 0.667 bits per heavy atom. The fourth-order valence-electron chi connectivity index (χ4n) is 23.2. The highest BCUT2D eigenvalue weighted by atomic mass is 16.7. The lowest BCUT2D eigenvalue weighted by Crippen LogP contribution is -2.40. The number of aliphatic carboxylic acids is 1. The molecule has 8 fully saturated rings. The number of aliphatic hydroxyl groups is 6. The third-order valence-electron chi connectivity index (χ3n) is 31.5. The number of carboxylic acid groups (broad SMARTS) is 1. The number of hydrogen-bond donors (Lipinski definition) is 7. The molecule has 138 heavy (non-hydrogen) atoms. The zero-order valence-electron chi connectivity index (χ0n) is 90.9. The predicted molar refractivity (Wildman–Crippen MR) is 552 cm³/mol. The van der Waals surface area contributed by atoms with Gasteiger partial charge >= 0.3 is 35.8 Å². The molecule has 0 bridgehead atoms. The number of carbonyl (C=O) groups excluding carboxylic acids is 8. The maximum absolute atomic E-state index is 12.2. The Kier molecular flexibility index (Phi) is 76.3. The molecule has 0 aromatic rings. The molecule has 0 radical (unpaired) electrons. The average molecular weight is 1960 g/mol. The number of hydrogen-bond acceptors (Lipinski definition) is 22. The lowest BCUT2D eigenvalue weighted by molar-refractivity contribution is -0.233. The minimum absolute atomic E-state index is 0.0349. The summed E-state index contributed by atoms with van der Waals surface area (Å²) in [6.07, 6.45) is 56.8. The molecule has 24 heteroatoms. The average Bonchev–Trinajstić information content (AvgIpc) is 1.64. The fourth-order valence-corrected chi connectivity index (χ4v) is 23.2. The third-order valence-corrected chi connectivity index (χ3v) is 31.5. The fraction of sp³-hybridized carbons (Fsp3) is 0.904. The van der Waals surface area contributed by atoms with Gasteiger partial charge in [0.2, 0.25) is 5.91 Å². The first-order chi connectivity index (χ1) is 66.3. The number of amides is 1. The Bertz CT molecular complexity index is 3170. The second-order valence-corrected chi connectivity index (χ2v) is 41.7. The van der Waals surface area contributed by atoms with Gasteiger partial charge in [-0.05, 0) is 265 Å². The first kappa shape index (κ1) is 131. The molecular formula is C114H209NO23. The number of unbranched alkanes of at least 4 members (excludes halogenated alkanes) is 16. The van der Waals surface area contributed by atoms with E-state index in [4.69, 9.17) is 43.4 Å². The van der Waals surface area contributed by atoms with Gasteiger partial charge in [0.25, 0.3) is 0 Å². The maximum atomic E-state index is 12.2. The van der Waals surface area contributed by atoms with Crippen molar-refractivity contribution in [3.05, 3.63) is 11.6 Å². The van der Waals surface area contributed by atoms with Crippen molar-refractivity contribution in [1.82, 2.24) is 4.90 Å². The van der Waals surface area contributed by atoms with Gasteiger partial charge in [0, 0.05) is 116 Å². The summed E-state index contributed by atoms with van der Waals surface area (Å²) in [7, 11) is 6.29. The van der Waals surface area contributed by atoms with E-state index in [9.17, 15) is 68.7 Å². The van der Waals surface area contributed by atoms with Crippen molar-refractivity contribution < 1.29 is 112 Å². The van der Waals surface area contributed by atoms with Gasteiger partial charge < -0.3 is 73.8 Å². The van der Waals surface area contributed by atoms with Gasteiger partial charge in [-0.3, -0.25) is 43.2 Å². The number of ether oxygens (including phenoxy) is 7. The first-order valence-electron chi connectivity index (χ1n) is 56.2. The second-order valence-electron chi connectivity index (χ2n) is 41.7. The van der Waals surface area contributed by atoms with Crippen LogP contribution < -0.4 is 0 Å². The molecule has 0 spiro atoms. The number of allylic oxidation sites excluding steroid dienone is 1. The van der Waals surface area contributed by atoms with Crippen molar-refractivity contribution in [2.45, 2.75) is 499 Å². The van der Waals surface area contributed by atoms with Gasteiger partial charge in [-0.25, -0.2) is 0 Å². The summed E-state index contributed by atoms with van der Waals surface area (Å²) in [6, 6.07) is 0. The Hall–Kier alpha value is -4.95. The second kappa shape index (κ2) is 80.3. The van der Waals surface area contributed by atoms with E-state index in [1.54, 1.807) is 14.2 Å². The largest absolute Gasteiger partial charge is 0.481 e. The van der Waals surface area contributed by atoms with E-state index in [1.807, 2.05) is 52.5 Å². The van der Waals surface area contributed by atoms with Gasteiger partial charge in [0.1, 0.15) is 18.2 Å². The lowest BCUT2D eigenvalue weighted by Gasteiger charge is -2.35. The quantitative estimate of drug-likeness (QED) is 0.00977. The van der Waals surface area contributed by atoms with Crippen molar-refractivity contribution in [3.63, 3.8) is 0 Å². The number of methoxy groups -OCH3 is 4. The van der Waals surface area contributed by atoms with E-state index in [-0.39, 0.29) is 115 Å². The molecule has 808 valence electrons. The van der Waals surface area contributed by atoms with Crippen LogP contribution in [0.4, 0.5) is 0 Å². The normalized spacial score (nSPS) is 26.9. The van der Waals surface area contributed by atoms with E-state index < -0.39 is 11.8 Å². The van der Waals surface area contributed by atoms with E-state index in [1.165, 1.54) is 117 Å². The number of esters is 5. The Morgan fingerprint density at radius 1 is 0.348 bits per heavy atom. The van der Waals surface area contributed by atoms with Crippen LogP contribution in [0.3, 0.4) is 0 Å². The summed E-state index contributed by atoms with van der Waals surface area (Å²) in [5.74, 6) is 3.82. The van der Waals surface area contributed by atoms with Gasteiger partial charge in [-0.2, -0.15) is 0 Å². The standard InChI is InChI=1S/C17H30O3.C16H29NO2.C15H28O4.C15H28O3.C14H26O3.C13H24O3.C12H20O3.C12H24O2/c1-4-5-6-7-15-14(8-9-16(15)18)12-17(19)20-11-10-13(2)3;1-4-7-8-9-14-13(10-11-15(14)18)12-16(19)17(5-2)6-3;1-5-6-7-8-13-12(11-14(16)17-2)9-10-15(13,18-3)19-4;1-3-5-6-7-13-12(8-9-14(13)16)11-15(17)18-10-4-2;1-3-5-6-7-12-11(8-9-13(12)15)10-14(16)17-4-2;1-3-4-5-6-11-10(7-8-12(11)14)9-13(15)16-2;1-2-3-4-5-10-9(8-12(14)15)6-7-11(10)13;1-2-3-4-5-11-10(8-9-13)6-7-12(11)14/h10,14-16,18H,4-9,11-12H2,1-3H3;13-14H,4-12H2,1-3H3;12-13H,5-11H2,1-4H3;12-14,16H,3-11H2,1-2H3;11-13,15H,3-10H2,1-2H3;10-12,14H,3-9H2,1-2H3;9-10H,2-8H2,1H3,(H,14,15);10-14H,2-9H2,1H3. The summed E-state index contributed by atoms with van der Waals surface area (Å²) in [6.45, 7) is 32.5. The minimum atomic E-state index is -0.768. The van der Waals surface area contributed by atoms with Crippen LogP contribution in [-0.2, 0) is 76.3 Å². The van der Waals surface area contributed by atoms with Gasteiger partial charge in [0.05, 0.1) is 58.0 Å². The Morgan fingerprint density at radius 3 is 0.986 bits per heavy atom. The highest BCUT2D eigenvalue weighted by molar-refractivity contribution is 5.85. The molecule has 8 saturated carbocycles. The Labute approximate surface area is 839 Å². The van der Waals surface area contributed by atoms with E-state index in [0.717, 1.165) is 224 Å². The van der Waals surface area contributed by atoms with Gasteiger partial charge in [-0.1, -0.05) is 222 Å². The Balaban J connectivity index is 0.000000790. The van der Waals surface area contributed by atoms with Crippen LogP contribution in [0, 0.1) is 94.7 Å². The molecule has 0 saturated heterocycles. The minimum Gasteiger partial charge on any atom is -0.481 e. The number of rotatable bonds is 57. The maximum Gasteiger partial charge on any atom is 0.306 e. The van der Waals surface area contributed by atoms with Crippen LogP contribution in [0.15, 0.2) is 11.6 Å². The van der Waals surface area contributed by atoms with Crippen LogP contribution in [0.2, 0.25) is 0 Å². The highest BCUT2D eigenvalue weighted by Crippen LogP contribution is 2.49. The van der Waals surface area contributed by atoms with Crippen LogP contribution in [0.5, 0.6) is 0 Å². The number of ketones is 2. The van der Waals surface area contributed by atoms with Crippen LogP contribution in [-0.4, -0.2) is 198 Å². The lowest BCUT2D eigenvalue weighted by atomic mass is 9.85. The number of carbonyl (C=O) groups is 9. The highest BCUT2D eigenvalue weighted by Gasteiger charge is 2.50. The molecular weight excluding hydrogens is 1750 g/mol. The van der Waals surface area contributed by atoms with Crippen molar-refractivity contribution in [1.29, 1.82) is 0 Å². The van der Waals surface area contributed by atoms with Crippen molar-refractivity contribution in [2.75, 3.05) is 68.0 Å². The molecule has 8 aliphatic rings. The predicted octanol–water partition coefficient (Wildman–Crippen LogP) is 24.1. The zero-order valence-corrected chi connectivity index (χ0v) is 90.9. The molecule has 7 N–H and O–H groups in total. The molecule has 1 amide bonds. The van der Waals surface area contributed by atoms with Crippen LogP contribution >= 0.6 is 0 Å². The van der Waals surface area contributed by atoms with Crippen LogP contribution in [0.25, 0.3) is 0 Å². The van der Waals surface area contributed by atoms with Gasteiger partial charge in [0.15, 0.2) is 5.79 Å². The van der Waals surface area contributed by atoms with Crippen molar-refractivity contribution in [2.24, 2.45) is 94.7 Å². The molecule has 0 aromatic carbocycles. The first-order valence-corrected chi connectivity index (χ1v) is 56.2. The number of carboxylic acids is 1. The summed E-state index contributed by atoms with van der Waals surface area (Å²) < 4.78 is 36.2. The molecule has 21 atom stereocenters. The summed E-state index contributed by atoms with van der Waals surface area (Å²) in [4.78, 5) is 106. The summed E-state index contributed by atoms with van der Waals surface area (Å²) in [5.41, 5.74) is 1.16. The zero-order chi connectivity index (χ0) is 103.